The monoisotopic (exact) mass is 624 g/mol. The van der Waals surface area contributed by atoms with Crippen molar-refractivity contribution >= 4 is 39.2 Å². The molecule has 1 heterocycles. The number of halogens is 4. The average Bonchev–Trinajstić information content (AvgIpc) is 2.83. The highest BCUT2D eigenvalue weighted by Crippen LogP contribution is 2.38. The first kappa shape index (κ1) is 34.3. The van der Waals surface area contributed by atoms with E-state index in [2.05, 4.69) is 25.3 Å². The van der Waals surface area contributed by atoms with Crippen molar-refractivity contribution in [1.29, 1.82) is 0 Å². The zero-order chi connectivity index (χ0) is 29.7. The number of amides is 1. The minimum absolute atomic E-state index is 0. The number of alkyl halides is 3. The quantitative estimate of drug-likeness (QED) is 0.338. The molecule has 1 fully saturated rings. The van der Waals surface area contributed by atoms with Crippen molar-refractivity contribution in [3.8, 4) is 11.6 Å². The normalized spacial score (nSPS) is 17.5. The summed E-state index contributed by atoms with van der Waals surface area (Å²) >= 11 is 6.34. The summed E-state index contributed by atoms with van der Waals surface area (Å²) in [5, 5.41) is 5.57. The molecule has 2 aromatic rings. The first-order valence-corrected chi connectivity index (χ1v) is 14.6. The smallest absolute Gasteiger partial charge is 0.423 e. The van der Waals surface area contributed by atoms with E-state index in [1.54, 1.807) is 0 Å². The van der Waals surface area contributed by atoms with Crippen LogP contribution in [0.2, 0.25) is 5.02 Å². The van der Waals surface area contributed by atoms with Crippen LogP contribution in [0.1, 0.15) is 49.0 Å². The highest BCUT2D eigenvalue weighted by atomic mass is 35.5. The molecule has 11 nitrogen and oxygen atoms in total. The molecule has 3 rings (SSSR count). The van der Waals surface area contributed by atoms with Crippen LogP contribution in [-0.4, -0.2) is 81.9 Å². The van der Waals surface area contributed by atoms with Gasteiger partial charge in [-0.15, -0.1) is 0 Å². The molecule has 1 amide bonds. The molecule has 0 bridgehead atoms. The maximum absolute atomic E-state index is 13.8. The van der Waals surface area contributed by atoms with Gasteiger partial charge in [0.2, 0.25) is 21.9 Å². The molecule has 1 saturated carbocycles. The van der Waals surface area contributed by atoms with Crippen molar-refractivity contribution < 1.29 is 35.9 Å². The molecule has 0 aliphatic heterocycles. The lowest BCUT2D eigenvalue weighted by atomic mass is 9.93. The van der Waals surface area contributed by atoms with Gasteiger partial charge in [0.15, 0.2) is 0 Å². The Balaban J connectivity index is 0.00000588. The molecule has 230 valence electrons. The van der Waals surface area contributed by atoms with Crippen LogP contribution in [0.5, 0.6) is 11.6 Å². The number of nitrogens with one attached hydrogen (secondary N) is 3. The Morgan fingerprint density at radius 3 is 2.51 bits per heavy atom. The summed E-state index contributed by atoms with van der Waals surface area (Å²) in [6, 6.07) is 2.04. The number of carbonyl (C=O) groups is 1. The number of hydrogen-bond donors (Lipinski definition) is 3. The molecule has 0 saturated heterocycles. The number of nitrogens with zero attached hydrogens (tertiary/aromatic N) is 3. The Bertz CT molecular complexity index is 1310. The standard InChI is InChI=1S/C24H32ClF3N6O5S.CH4/c1-34(2)10-9-29-21(35)14-11-20(38-3)18(12-16(14)25)31-23-30-13-15(24(26,27)28)22(32-23)39-19-8-6-5-7-17(19)33-40(4,36)37;/h11-13,17,19,33H,5-10H2,1-4H3,(H,29,35)(H,30,31,32);1H4/t17-,19-;/m1./s1. The zero-order valence-corrected chi connectivity index (χ0v) is 24.0. The Morgan fingerprint density at radius 2 is 1.90 bits per heavy atom. The van der Waals surface area contributed by atoms with E-state index >= 15 is 0 Å². The molecule has 1 aromatic heterocycles. The fourth-order valence-corrected chi connectivity index (χ4v) is 5.17. The van der Waals surface area contributed by atoms with Crippen molar-refractivity contribution in [3.05, 3.63) is 34.5 Å². The van der Waals surface area contributed by atoms with Gasteiger partial charge in [0.05, 0.1) is 35.7 Å². The van der Waals surface area contributed by atoms with E-state index < -0.39 is 45.7 Å². The van der Waals surface area contributed by atoms with E-state index in [9.17, 15) is 26.4 Å². The molecule has 0 spiro atoms. The molecular weight excluding hydrogens is 589 g/mol. The average molecular weight is 625 g/mol. The number of ether oxygens (including phenoxy) is 2. The third kappa shape index (κ3) is 9.87. The molecule has 1 aliphatic rings. The predicted molar refractivity (Wildman–Crippen MR) is 151 cm³/mol. The van der Waals surface area contributed by atoms with Gasteiger partial charge in [-0.1, -0.05) is 25.4 Å². The number of carbonyl (C=O) groups excluding carboxylic acids is 1. The van der Waals surface area contributed by atoms with Gasteiger partial charge in [0.25, 0.3) is 5.91 Å². The zero-order valence-electron chi connectivity index (χ0n) is 22.4. The summed E-state index contributed by atoms with van der Waals surface area (Å²) in [6.45, 7) is 0.996. The van der Waals surface area contributed by atoms with Gasteiger partial charge in [-0.2, -0.15) is 18.2 Å². The van der Waals surface area contributed by atoms with E-state index in [1.165, 1.54) is 19.2 Å². The maximum Gasteiger partial charge on any atom is 0.423 e. The number of rotatable bonds is 11. The fourth-order valence-electron chi connectivity index (χ4n) is 4.10. The van der Waals surface area contributed by atoms with Crippen LogP contribution in [0.25, 0.3) is 0 Å². The lowest BCUT2D eigenvalue weighted by molar-refractivity contribution is -0.140. The molecule has 3 N–H and O–H groups in total. The first-order chi connectivity index (χ1) is 18.7. The third-order valence-electron chi connectivity index (χ3n) is 6.02. The predicted octanol–water partition coefficient (Wildman–Crippen LogP) is 4.07. The molecular formula is C25H36ClF3N6O5S. The van der Waals surface area contributed by atoms with Gasteiger partial charge < -0.3 is 25.0 Å². The van der Waals surface area contributed by atoms with Crippen LogP contribution in [0, 0.1) is 0 Å². The van der Waals surface area contributed by atoms with Crippen LogP contribution >= 0.6 is 11.6 Å². The van der Waals surface area contributed by atoms with Crippen LogP contribution < -0.4 is 24.8 Å². The highest BCUT2D eigenvalue weighted by Gasteiger charge is 2.38. The van der Waals surface area contributed by atoms with E-state index in [0.717, 1.165) is 6.26 Å². The largest absolute Gasteiger partial charge is 0.495 e. The van der Waals surface area contributed by atoms with Crippen LogP contribution in [0.4, 0.5) is 24.8 Å². The second kappa shape index (κ2) is 14.3. The Hall–Kier alpha value is -2.88. The van der Waals surface area contributed by atoms with E-state index in [4.69, 9.17) is 21.1 Å². The minimum Gasteiger partial charge on any atom is -0.495 e. The topological polar surface area (TPSA) is 135 Å². The lowest BCUT2D eigenvalue weighted by Crippen LogP contribution is -2.47. The minimum atomic E-state index is -4.83. The molecule has 16 heteroatoms. The van der Waals surface area contributed by atoms with Gasteiger partial charge in [0, 0.05) is 19.3 Å². The van der Waals surface area contributed by atoms with Gasteiger partial charge in [0.1, 0.15) is 17.4 Å². The van der Waals surface area contributed by atoms with Crippen molar-refractivity contribution in [2.45, 2.75) is 51.4 Å². The van der Waals surface area contributed by atoms with Crippen LogP contribution in [0.3, 0.4) is 0 Å². The highest BCUT2D eigenvalue weighted by molar-refractivity contribution is 7.88. The summed E-state index contributed by atoms with van der Waals surface area (Å²) in [7, 11) is 1.46. The lowest BCUT2D eigenvalue weighted by Gasteiger charge is -2.32. The van der Waals surface area contributed by atoms with E-state index in [-0.39, 0.29) is 35.4 Å². The van der Waals surface area contributed by atoms with Crippen LogP contribution in [-0.2, 0) is 16.2 Å². The van der Waals surface area contributed by atoms with Crippen molar-refractivity contribution in [2.75, 3.05) is 45.9 Å². The summed E-state index contributed by atoms with van der Waals surface area (Å²) in [5.74, 6) is -1.27. The first-order valence-electron chi connectivity index (χ1n) is 12.3. The molecule has 1 aromatic carbocycles. The molecule has 41 heavy (non-hydrogen) atoms. The summed E-state index contributed by atoms with van der Waals surface area (Å²) in [6.07, 6.45) is -2.07. The number of sulfonamides is 1. The molecule has 1 aliphatic carbocycles. The van der Waals surface area contributed by atoms with Crippen molar-refractivity contribution in [1.82, 2.24) is 24.9 Å². The van der Waals surface area contributed by atoms with Gasteiger partial charge in [-0.3, -0.25) is 4.79 Å². The summed E-state index contributed by atoms with van der Waals surface area (Å²) < 4.78 is 78.4. The van der Waals surface area contributed by atoms with Gasteiger partial charge >= 0.3 is 6.18 Å². The van der Waals surface area contributed by atoms with Crippen molar-refractivity contribution in [2.24, 2.45) is 0 Å². The number of methoxy groups -OCH3 is 1. The van der Waals surface area contributed by atoms with Crippen molar-refractivity contribution in [3.63, 3.8) is 0 Å². The third-order valence-corrected chi connectivity index (χ3v) is 7.06. The molecule has 0 radical (unpaired) electrons. The SMILES string of the molecule is C.COc1cc(C(=O)NCCN(C)C)c(Cl)cc1Nc1ncc(C(F)(F)F)c(O[C@@H]2CCCC[C@H]2NS(C)(=O)=O)n1. The summed E-state index contributed by atoms with van der Waals surface area (Å²) in [4.78, 5) is 22.2. The number of benzene rings is 1. The number of aromatic nitrogens is 2. The van der Waals surface area contributed by atoms with Gasteiger partial charge in [-0.25, -0.2) is 18.1 Å². The number of hydrogen-bond acceptors (Lipinski definition) is 9. The second-order valence-corrected chi connectivity index (χ2v) is 11.8. The molecule has 2 atom stereocenters. The Kier molecular flexibility index (Phi) is 12.0. The molecule has 0 unspecified atom stereocenters. The van der Waals surface area contributed by atoms with E-state index in [0.29, 0.717) is 45.0 Å². The second-order valence-electron chi connectivity index (χ2n) is 9.56. The van der Waals surface area contributed by atoms with E-state index in [1.807, 2.05) is 19.0 Å². The number of likely N-dealkylation sites (N-methyl/N-ethyl adjacent to an activating group) is 1. The fraction of sp³-hybridized carbons (Fsp3) is 0.560. The number of anilines is 2. The Morgan fingerprint density at radius 1 is 1.22 bits per heavy atom. The Labute approximate surface area is 243 Å². The van der Waals surface area contributed by atoms with Gasteiger partial charge in [-0.05, 0) is 45.5 Å². The summed E-state index contributed by atoms with van der Waals surface area (Å²) in [5.41, 5.74) is -0.879. The maximum atomic E-state index is 13.8. The van der Waals surface area contributed by atoms with Crippen LogP contribution in [0.15, 0.2) is 18.3 Å².